The summed E-state index contributed by atoms with van der Waals surface area (Å²) in [7, 11) is 0. The topological polar surface area (TPSA) is 53.7 Å². The summed E-state index contributed by atoms with van der Waals surface area (Å²) in [5.41, 5.74) is 8.96. The Morgan fingerprint density at radius 3 is 2.77 bits per heavy atom. The van der Waals surface area contributed by atoms with Crippen LogP contribution < -0.4 is 10.5 Å². The van der Waals surface area contributed by atoms with E-state index in [0.29, 0.717) is 6.61 Å². The van der Waals surface area contributed by atoms with Gasteiger partial charge in [0.25, 0.3) is 0 Å². The Bertz CT molecular complexity index is 641. The summed E-state index contributed by atoms with van der Waals surface area (Å²) in [5, 5.41) is 0. The number of ether oxygens (including phenoxy) is 3. The highest BCUT2D eigenvalue weighted by Crippen LogP contribution is 2.35. The van der Waals surface area contributed by atoms with Crippen LogP contribution >= 0.6 is 0 Å². The van der Waals surface area contributed by atoms with Crippen LogP contribution in [0, 0.1) is 0 Å². The lowest BCUT2D eigenvalue weighted by molar-refractivity contribution is -0.114. The molecule has 0 amide bonds. The van der Waals surface area contributed by atoms with Crippen molar-refractivity contribution in [2.24, 2.45) is 0 Å². The normalized spacial score (nSPS) is 20.7. The fourth-order valence-electron chi connectivity index (χ4n) is 2.65. The van der Waals surface area contributed by atoms with Crippen molar-refractivity contribution in [3.63, 3.8) is 0 Å². The minimum Gasteiger partial charge on any atom is -0.464 e. The first-order valence-corrected chi connectivity index (χ1v) is 7.58. The van der Waals surface area contributed by atoms with E-state index < -0.39 is 0 Å². The number of fused-ring (bicyclic) bond motifs is 1. The average molecular weight is 299 g/mol. The number of allylic oxidation sites excluding steroid dienone is 3. The monoisotopic (exact) mass is 299 g/mol. The molecule has 1 aliphatic carbocycles. The third-order valence-corrected chi connectivity index (χ3v) is 3.79. The molecule has 0 spiro atoms. The fraction of sp³-hybridized carbons (Fsp3) is 0.333. The Morgan fingerprint density at radius 2 is 2.05 bits per heavy atom. The quantitative estimate of drug-likeness (QED) is 0.856. The maximum Gasteiger partial charge on any atom is 0.203 e. The minimum atomic E-state index is -0.198. The molecule has 4 nitrogen and oxygen atoms in total. The lowest BCUT2D eigenvalue weighted by Crippen LogP contribution is -2.24. The SMILES string of the molecule is CCOC1CC(C)=C2CC=C(Oc3ccc(N)cc3)C=C2O1. The summed E-state index contributed by atoms with van der Waals surface area (Å²) in [4.78, 5) is 0. The maximum atomic E-state index is 5.93. The van der Waals surface area contributed by atoms with Crippen molar-refractivity contribution in [2.75, 3.05) is 12.3 Å². The third kappa shape index (κ3) is 3.17. The van der Waals surface area contributed by atoms with Crippen LogP contribution in [0.3, 0.4) is 0 Å². The van der Waals surface area contributed by atoms with Gasteiger partial charge < -0.3 is 19.9 Å². The number of hydrogen-bond acceptors (Lipinski definition) is 4. The summed E-state index contributed by atoms with van der Waals surface area (Å²) in [5.74, 6) is 2.40. The lowest BCUT2D eigenvalue weighted by atomic mass is 9.95. The molecule has 2 N–H and O–H groups in total. The summed E-state index contributed by atoms with van der Waals surface area (Å²) >= 11 is 0. The maximum absolute atomic E-state index is 5.93. The van der Waals surface area contributed by atoms with Gasteiger partial charge in [-0.05, 0) is 56.2 Å². The van der Waals surface area contributed by atoms with Gasteiger partial charge in [0, 0.05) is 24.8 Å². The molecule has 116 valence electrons. The van der Waals surface area contributed by atoms with Gasteiger partial charge in [-0.1, -0.05) is 5.57 Å². The molecule has 0 aromatic heterocycles. The molecule has 1 atom stereocenters. The molecule has 3 rings (SSSR count). The van der Waals surface area contributed by atoms with E-state index in [4.69, 9.17) is 19.9 Å². The van der Waals surface area contributed by atoms with Crippen LogP contribution in [0.1, 0.15) is 26.7 Å². The van der Waals surface area contributed by atoms with Gasteiger partial charge in [0.2, 0.25) is 6.29 Å². The first-order chi connectivity index (χ1) is 10.7. The molecule has 0 bridgehead atoms. The summed E-state index contributed by atoms with van der Waals surface area (Å²) in [6, 6.07) is 7.36. The molecule has 0 saturated heterocycles. The van der Waals surface area contributed by atoms with Crippen molar-refractivity contribution in [2.45, 2.75) is 33.0 Å². The number of rotatable bonds is 4. The van der Waals surface area contributed by atoms with Crippen LogP contribution in [0.5, 0.6) is 5.75 Å². The second kappa shape index (κ2) is 6.28. The van der Waals surface area contributed by atoms with Crippen LogP contribution in [0.15, 0.2) is 59.1 Å². The minimum absolute atomic E-state index is 0.198. The predicted molar refractivity (Wildman–Crippen MR) is 86.1 cm³/mol. The molecule has 1 aliphatic heterocycles. The molecule has 0 radical (unpaired) electrons. The zero-order valence-electron chi connectivity index (χ0n) is 13.0. The third-order valence-electron chi connectivity index (χ3n) is 3.79. The zero-order chi connectivity index (χ0) is 15.5. The molecule has 1 heterocycles. The molecule has 2 aliphatic rings. The van der Waals surface area contributed by atoms with Gasteiger partial charge in [-0.3, -0.25) is 0 Å². The van der Waals surface area contributed by atoms with E-state index in [1.165, 1.54) is 11.1 Å². The second-order valence-electron chi connectivity index (χ2n) is 5.46. The number of nitrogen functional groups attached to an aromatic ring is 1. The van der Waals surface area contributed by atoms with Gasteiger partial charge >= 0.3 is 0 Å². The summed E-state index contributed by atoms with van der Waals surface area (Å²) < 4.78 is 17.4. The second-order valence-corrected chi connectivity index (χ2v) is 5.46. The van der Waals surface area contributed by atoms with Crippen LogP contribution in [0.4, 0.5) is 5.69 Å². The lowest BCUT2D eigenvalue weighted by Gasteiger charge is -2.30. The Morgan fingerprint density at radius 1 is 1.27 bits per heavy atom. The van der Waals surface area contributed by atoms with Gasteiger partial charge in [-0.2, -0.15) is 0 Å². The highest BCUT2D eigenvalue weighted by molar-refractivity contribution is 5.45. The molecule has 22 heavy (non-hydrogen) atoms. The van der Waals surface area contributed by atoms with Gasteiger partial charge in [0.15, 0.2) is 0 Å². The van der Waals surface area contributed by atoms with Gasteiger partial charge in [-0.25, -0.2) is 0 Å². The highest BCUT2D eigenvalue weighted by Gasteiger charge is 2.26. The predicted octanol–water partition coefficient (Wildman–Crippen LogP) is 3.92. The van der Waals surface area contributed by atoms with Crippen molar-refractivity contribution in [3.8, 4) is 5.75 Å². The van der Waals surface area contributed by atoms with Crippen molar-refractivity contribution >= 4 is 5.69 Å². The molecule has 0 fully saturated rings. The van der Waals surface area contributed by atoms with E-state index in [-0.39, 0.29) is 6.29 Å². The van der Waals surface area contributed by atoms with E-state index >= 15 is 0 Å². The van der Waals surface area contributed by atoms with Crippen LogP contribution in [0.2, 0.25) is 0 Å². The van der Waals surface area contributed by atoms with Crippen molar-refractivity contribution in [1.82, 2.24) is 0 Å². The van der Waals surface area contributed by atoms with E-state index in [9.17, 15) is 0 Å². The number of nitrogens with two attached hydrogens (primary N) is 1. The zero-order valence-corrected chi connectivity index (χ0v) is 13.0. The molecular formula is C18H21NO3. The Balaban J connectivity index is 1.77. The van der Waals surface area contributed by atoms with Crippen LogP contribution in [-0.4, -0.2) is 12.9 Å². The molecule has 1 aromatic rings. The van der Waals surface area contributed by atoms with Gasteiger partial charge in [-0.15, -0.1) is 0 Å². The van der Waals surface area contributed by atoms with Crippen LogP contribution in [0.25, 0.3) is 0 Å². The standard InChI is InChI=1S/C18H21NO3/c1-3-20-18-10-12(2)16-9-8-15(11-17(16)22-18)21-14-6-4-13(19)5-7-14/h4-8,11,18H,3,9-10,19H2,1-2H3. The van der Waals surface area contributed by atoms with Crippen LogP contribution in [-0.2, 0) is 9.47 Å². The van der Waals surface area contributed by atoms with Gasteiger partial charge in [0.1, 0.15) is 17.3 Å². The molecule has 0 saturated carbocycles. The molecular weight excluding hydrogens is 278 g/mol. The Kier molecular flexibility index (Phi) is 4.20. The summed E-state index contributed by atoms with van der Waals surface area (Å²) in [6.45, 7) is 4.76. The van der Waals surface area contributed by atoms with E-state index in [0.717, 1.165) is 35.8 Å². The Hall–Kier alpha value is -2.20. The smallest absolute Gasteiger partial charge is 0.203 e. The van der Waals surface area contributed by atoms with Gasteiger partial charge in [0.05, 0.1) is 0 Å². The average Bonchev–Trinajstić information content (AvgIpc) is 2.50. The Labute approximate surface area is 130 Å². The number of hydrogen-bond donors (Lipinski definition) is 1. The molecule has 4 heteroatoms. The van der Waals surface area contributed by atoms with E-state index in [1.54, 1.807) is 0 Å². The van der Waals surface area contributed by atoms with E-state index in [2.05, 4.69) is 13.0 Å². The van der Waals surface area contributed by atoms with Crippen molar-refractivity contribution in [3.05, 3.63) is 59.1 Å². The van der Waals surface area contributed by atoms with Crippen molar-refractivity contribution in [1.29, 1.82) is 0 Å². The molecule has 1 aromatic carbocycles. The first-order valence-electron chi connectivity index (χ1n) is 7.58. The number of benzene rings is 1. The van der Waals surface area contributed by atoms with E-state index in [1.807, 2.05) is 37.3 Å². The summed E-state index contributed by atoms with van der Waals surface area (Å²) in [6.07, 6.45) is 5.45. The number of anilines is 1. The first kappa shape index (κ1) is 14.7. The molecule has 1 unspecified atom stereocenters. The largest absolute Gasteiger partial charge is 0.464 e. The fourth-order valence-corrected chi connectivity index (χ4v) is 2.65. The van der Waals surface area contributed by atoms with Crippen molar-refractivity contribution < 1.29 is 14.2 Å². The highest BCUT2D eigenvalue weighted by atomic mass is 16.7.